The molecule has 0 atom stereocenters. The topological polar surface area (TPSA) is 16.4 Å². The van der Waals surface area contributed by atoms with Gasteiger partial charge >= 0.3 is 0 Å². The third-order valence-corrected chi connectivity index (χ3v) is 13.1. The summed E-state index contributed by atoms with van der Waals surface area (Å²) < 4.78 is 6.39. The molecule has 0 fully saturated rings. The maximum absolute atomic E-state index is 6.39. The predicted molar refractivity (Wildman–Crippen MR) is 236 cm³/mol. The van der Waals surface area contributed by atoms with Gasteiger partial charge < -0.3 is 9.32 Å². The van der Waals surface area contributed by atoms with Crippen LogP contribution in [0.1, 0.15) is 49.9 Å². The highest BCUT2D eigenvalue weighted by molar-refractivity contribution is 6.08. The summed E-state index contributed by atoms with van der Waals surface area (Å²) in [5.74, 6) is 0. The lowest BCUT2D eigenvalue weighted by Crippen LogP contribution is -2.16. The van der Waals surface area contributed by atoms with E-state index in [0.717, 1.165) is 28.2 Å². The molecule has 2 heteroatoms. The lowest BCUT2D eigenvalue weighted by molar-refractivity contribution is 0.647. The maximum atomic E-state index is 6.39. The van der Waals surface area contributed by atoms with Crippen molar-refractivity contribution in [1.29, 1.82) is 0 Å². The van der Waals surface area contributed by atoms with Crippen molar-refractivity contribution in [2.24, 2.45) is 0 Å². The molecule has 10 aromatic rings. The molecular weight excluding hydrogens is 679 g/mol. The average molecular weight is 718 g/mol. The van der Waals surface area contributed by atoms with Gasteiger partial charge in [-0.25, -0.2) is 0 Å². The SMILES string of the molecule is CC1(C)c2cc3ccccc3cc2-c2cc3ccc(N(c4ccc5c(c4)C(C)(C)c4cc6oc7ccccc7c6cc4-5)c4ccc5ccccc5c4)cc3cc21. The van der Waals surface area contributed by atoms with Crippen molar-refractivity contribution < 1.29 is 4.42 Å². The van der Waals surface area contributed by atoms with Crippen molar-refractivity contribution in [3.05, 3.63) is 186 Å². The Kier molecular flexibility index (Phi) is 6.22. The first kappa shape index (κ1) is 31.7. The van der Waals surface area contributed by atoms with E-state index in [1.54, 1.807) is 0 Å². The normalized spacial score (nSPS) is 14.7. The average Bonchev–Trinajstić information content (AvgIpc) is 3.77. The molecule has 56 heavy (non-hydrogen) atoms. The van der Waals surface area contributed by atoms with Crippen molar-refractivity contribution in [1.82, 2.24) is 0 Å². The number of furan rings is 1. The van der Waals surface area contributed by atoms with Crippen LogP contribution in [0.5, 0.6) is 0 Å². The van der Waals surface area contributed by atoms with E-state index >= 15 is 0 Å². The van der Waals surface area contributed by atoms with Crippen molar-refractivity contribution in [3.63, 3.8) is 0 Å². The molecule has 12 rings (SSSR count). The third-order valence-electron chi connectivity index (χ3n) is 13.1. The van der Waals surface area contributed by atoms with Gasteiger partial charge in [-0.15, -0.1) is 0 Å². The van der Waals surface area contributed by atoms with Crippen LogP contribution in [0.3, 0.4) is 0 Å². The zero-order valence-electron chi connectivity index (χ0n) is 31.9. The molecule has 0 saturated heterocycles. The summed E-state index contributed by atoms with van der Waals surface area (Å²) in [6.45, 7) is 9.48. The fourth-order valence-electron chi connectivity index (χ4n) is 10.1. The molecule has 0 N–H and O–H groups in total. The third kappa shape index (κ3) is 4.33. The van der Waals surface area contributed by atoms with E-state index < -0.39 is 0 Å². The van der Waals surface area contributed by atoms with Crippen LogP contribution in [0.2, 0.25) is 0 Å². The van der Waals surface area contributed by atoms with Gasteiger partial charge in [-0.05, 0) is 156 Å². The summed E-state index contributed by atoms with van der Waals surface area (Å²) in [6, 6.07) is 61.1. The first-order valence-electron chi connectivity index (χ1n) is 19.7. The number of anilines is 3. The van der Waals surface area contributed by atoms with Crippen LogP contribution in [0.15, 0.2) is 168 Å². The quantitative estimate of drug-likeness (QED) is 0.181. The second-order valence-electron chi connectivity index (χ2n) is 17.0. The predicted octanol–water partition coefficient (Wildman–Crippen LogP) is 15.1. The van der Waals surface area contributed by atoms with Gasteiger partial charge in [-0.3, -0.25) is 0 Å². The Morgan fingerprint density at radius 2 is 0.821 bits per heavy atom. The van der Waals surface area contributed by atoms with Crippen LogP contribution in [0.4, 0.5) is 17.1 Å². The van der Waals surface area contributed by atoms with Gasteiger partial charge in [-0.1, -0.05) is 113 Å². The Labute approximate surface area is 326 Å². The minimum Gasteiger partial charge on any atom is -0.456 e. The smallest absolute Gasteiger partial charge is 0.135 e. The van der Waals surface area contributed by atoms with Gasteiger partial charge in [0.25, 0.3) is 0 Å². The Bertz CT molecular complexity index is 3320. The molecule has 0 aliphatic heterocycles. The fourth-order valence-corrected chi connectivity index (χ4v) is 10.1. The number of benzene rings is 9. The second-order valence-corrected chi connectivity index (χ2v) is 17.0. The van der Waals surface area contributed by atoms with Crippen LogP contribution in [-0.4, -0.2) is 0 Å². The number of hydrogen-bond donors (Lipinski definition) is 0. The fraction of sp³-hybridized carbons (Fsp3) is 0.111. The van der Waals surface area contributed by atoms with Crippen molar-refractivity contribution in [3.8, 4) is 22.3 Å². The molecule has 2 aliphatic carbocycles. The van der Waals surface area contributed by atoms with Crippen LogP contribution < -0.4 is 4.90 Å². The minimum absolute atomic E-state index is 0.106. The molecule has 9 aromatic carbocycles. The first-order valence-corrected chi connectivity index (χ1v) is 19.7. The monoisotopic (exact) mass is 717 g/mol. The van der Waals surface area contributed by atoms with Gasteiger partial charge in [0.2, 0.25) is 0 Å². The highest BCUT2D eigenvalue weighted by Crippen LogP contribution is 2.54. The molecule has 0 spiro atoms. The van der Waals surface area contributed by atoms with Crippen molar-refractivity contribution in [2.75, 3.05) is 4.90 Å². The van der Waals surface area contributed by atoms with Crippen molar-refractivity contribution >= 4 is 71.3 Å². The molecule has 0 bridgehead atoms. The molecule has 1 heterocycles. The molecular formula is C54H39NO. The summed E-state index contributed by atoms with van der Waals surface area (Å²) in [7, 11) is 0. The minimum atomic E-state index is -0.210. The number of rotatable bonds is 3. The molecule has 0 saturated carbocycles. The zero-order chi connectivity index (χ0) is 37.5. The van der Waals surface area contributed by atoms with E-state index in [9.17, 15) is 0 Å². The summed E-state index contributed by atoms with van der Waals surface area (Å²) in [5.41, 5.74) is 15.7. The molecule has 0 radical (unpaired) electrons. The number of fused-ring (bicyclic) bond motifs is 12. The maximum Gasteiger partial charge on any atom is 0.135 e. The van der Waals surface area contributed by atoms with E-state index in [4.69, 9.17) is 4.42 Å². The van der Waals surface area contributed by atoms with Crippen LogP contribution in [0, 0.1) is 0 Å². The Morgan fingerprint density at radius 1 is 0.339 bits per heavy atom. The zero-order valence-corrected chi connectivity index (χ0v) is 31.9. The lowest BCUT2D eigenvalue weighted by Gasteiger charge is -2.29. The number of nitrogens with zero attached hydrogens (tertiary/aromatic N) is 1. The molecule has 2 nitrogen and oxygen atoms in total. The van der Waals surface area contributed by atoms with Gasteiger partial charge in [0.05, 0.1) is 0 Å². The van der Waals surface area contributed by atoms with E-state index in [2.05, 4.69) is 190 Å². The van der Waals surface area contributed by atoms with Crippen LogP contribution in [-0.2, 0) is 10.8 Å². The standard InChI is InChI=1S/C54H39NO/c1-53(2)47-27-35-14-8-7-13-34(35)25-43(47)44-26-36-18-20-39(24-37(36)28-48(44)53)55(38-19-17-32-11-5-6-12-33(32)23-38)40-21-22-41-45-30-46-42-15-9-10-16-51(42)56-52(46)31-50(45)54(3,4)49(41)29-40/h5-31H,1-4H3. The number of para-hydroxylation sites is 1. The molecule has 2 aliphatic rings. The Balaban J connectivity index is 1.03. The van der Waals surface area contributed by atoms with Crippen molar-refractivity contribution in [2.45, 2.75) is 38.5 Å². The number of hydrogen-bond acceptors (Lipinski definition) is 2. The highest BCUT2D eigenvalue weighted by atomic mass is 16.3. The molecule has 266 valence electrons. The Hall–Kier alpha value is -6.64. The molecule has 1 aromatic heterocycles. The first-order chi connectivity index (χ1) is 27.2. The van der Waals surface area contributed by atoms with Gasteiger partial charge in [0.15, 0.2) is 0 Å². The van der Waals surface area contributed by atoms with Gasteiger partial charge in [0, 0.05) is 38.7 Å². The lowest BCUT2D eigenvalue weighted by atomic mass is 9.81. The van der Waals surface area contributed by atoms with E-state index in [-0.39, 0.29) is 10.8 Å². The molecule has 0 unspecified atom stereocenters. The van der Waals surface area contributed by atoms with E-state index in [0.29, 0.717) is 0 Å². The van der Waals surface area contributed by atoms with E-state index in [1.807, 2.05) is 6.07 Å². The van der Waals surface area contributed by atoms with Gasteiger partial charge in [0.1, 0.15) is 11.2 Å². The highest BCUT2D eigenvalue weighted by Gasteiger charge is 2.38. The largest absolute Gasteiger partial charge is 0.456 e. The summed E-state index contributed by atoms with van der Waals surface area (Å²) in [4.78, 5) is 2.45. The summed E-state index contributed by atoms with van der Waals surface area (Å²) >= 11 is 0. The van der Waals surface area contributed by atoms with Crippen LogP contribution in [0.25, 0.3) is 76.5 Å². The van der Waals surface area contributed by atoms with Crippen LogP contribution >= 0.6 is 0 Å². The summed E-state index contributed by atoms with van der Waals surface area (Å²) in [6.07, 6.45) is 0. The summed E-state index contributed by atoms with van der Waals surface area (Å²) in [5, 5.41) is 9.90. The van der Waals surface area contributed by atoms with Gasteiger partial charge in [-0.2, -0.15) is 0 Å². The second kappa shape index (κ2) is 11.0. The molecule has 0 amide bonds. The van der Waals surface area contributed by atoms with E-state index in [1.165, 1.54) is 87.6 Å². The Morgan fingerprint density at radius 3 is 1.55 bits per heavy atom.